The number of rotatable bonds is 7. The predicted octanol–water partition coefficient (Wildman–Crippen LogP) is 1.81. The van der Waals surface area contributed by atoms with E-state index < -0.39 is 27.7 Å². The van der Waals surface area contributed by atoms with Crippen LogP contribution in [0.15, 0.2) is 18.2 Å². The monoisotopic (exact) mass is 436 g/mol. The molecule has 1 unspecified atom stereocenters. The van der Waals surface area contributed by atoms with Gasteiger partial charge in [-0.1, -0.05) is 23.7 Å². The van der Waals surface area contributed by atoms with Crippen molar-refractivity contribution in [3.05, 3.63) is 40.4 Å². The zero-order valence-corrected chi connectivity index (χ0v) is 16.4. The van der Waals surface area contributed by atoms with Crippen molar-refractivity contribution in [2.45, 2.75) is 18.8 Å². The molecule has 1 N–H and O–H groups in total. The SMILES string of the molecule is COc1nc(C(C)=O)nc(C(O)c2cccc(Cl)c2N(C)S(=O)(=O)C(F)F)n1. The second kappa shape index (κ2) is 8.29. The van der Waals surface area contributed by atoms with Crippen LogP contribution in [-0.4, -0.2) is 54.2 Å². The number of hydrogen-bond acceptors (Lipinski definition) is 8. The van der Waals surface area contributed by atoms with Gasteiger partial charge in [0, 0.05) is 19.5 Å². The molecule has 0 bridgehead atoms. The Hall–Kier alpha value is -2.44. The summed E-state index contributed by atoms with van der Waals surface area (Å²) < 4.78 is 54.8. The van der Waals surface area contributed by atoms with Gasteiger partial charge in [0.15, 0.2) is 11.6 Å². The summed E-state index contributed by atoms with van der Waals surface area (Å²) >= 11 is 6.01. The Morgan fingerprint density at radius 1 is 1.29 bits per heavy atom. The van der Waals surface area contributed by atoms with Crippen molar-refractivity contribution in [3.63, 3.8) is 0 Å². The molecule has 28 heavy (non-hydrogen) atoms. The first-order valence-corrected chi connectivity index (χ1v) is 9.42. The van der Waals surface area contributed by atoms with Gasteiger partial charge in [0.1, 0.15) is 6.10 Å². The zero-order valence-electron chi connectivity index (χ0n) is 14.8. The number of ketones is 1. The van der Waals surface area contributed by atoms with E-state index in [-0.39, 0.29) is 38.2 Å². The first-order valence-electron chi connectivity index (χ1n) is 7.54. The normalized spacial score (nSPS) is 12.7. The lowest BCUT2D eigenvalue weighted by molar-refractivity contribution is 0.1000. The van der Waals surface area contributed by atoms with Crippen LogP contribution in [0.4, 0.5) is 14.5 Å². The average molecular weight is 437 g/mol. The summed E-state index contributed by atoms with van der Waals surface area (Å²) in [5.41, 5.74) is -0.567. The number of alkyl halides is 2. The van der Waals surface area contributed by atoms with Crippen LogP contribution in [-0.2, 0) is 10.0 Å². The number of aromatic nitrogens is 3. The third kappa shape index (κ3) is 4.18. The fourth-order valence-corrected chi connectivity index (χ4v) is 3.27. The second-order valence-corrected chi connectivity index (χ2v) is 7.75. The minimum absolute atomic E-state index is 0.179. The average Bonchev–Trinajstić information content (AvgIpc) is 2.65. The van der Waals surface area contributed by atoms with Gasteiger partial charge in [0.2, 0.25) is 5.82 Å². The summed E-state index contributed by atoms with van der Waals surface area (Å²) in [5.74, 6) is -4.92. The highest BCUT2D eigenvalue weighted by Gasteiger charge is 2.34. The van der Waals surface area contributed by atoms with Crippen LogP contribution in [0, 0.1) is 0 Å². The molecule has 0 aliphatic heterocycles. The number of aliphatic hydroxyl groups excluding tert-OH is 1. The number of hydrogen-bond donors (Lipinski definition) is 1. The van der Waals surface area contributed by atoms with Crippen molar-refractivity contribution >= 4 is 33.1 Å². The maximum atomic E-state index is 13.0. The third-order valence-electron chi connectivity index (χ3n) is 3.61. The topological polar surface area (TPSA) is 123 Å². The van der Waals surface area contributed by atoms with Gasteiger partial charge in [-0.2, -0.15) is 18.7 Å². The maximum Gasteiger partial charge on any atom is 0.355 e. The van der Waals surface area contributed by atoms with E-state index in [0.717, 1.165) is 7.05 Å². The lowest BCUT2D eigenvalue weighted by Crippen LogP contribution is -2.33. The smallest absolute Gasteiger partial charge is 0.355 e. The molecule has 1 aromatic carbocycles. The van der Waals surface area contributed by atoms with E-state index >= 15 is 0 Å². The second-order valence-electron chi connectivity index (χ2n) is 5.41. The van der Waals surface area contributed by atoms with Crippen molar-refractivity contribution in [1.82, 2.24) is 15.0 Å². The number of para-hydroxylation sites is 1. The third-order valence-corrected chi connectivity index (χ3v) is 5.31. The Morgan fingerprint density at radius 3 is 2.46 bits per heavy atom. The standard InChI is InChI=1S/C15H15ClF2N4O5S/c1-7(23)12-19-13(21-15(20-12)27-3)11(24)8-5-4-6-9(16)10(8)22(2)28(25,26)14(17)18/h4-6,11,14,24H,1-3H3. The number of ether oxygens (including phenoxy) is 1. The number of halogens is 3. The van der Waals surface area contributed by atoms with Gasteiger partial charge < -0.3 is 9.84 Å². The minimum Gasteiger partial charge on any atom is -0.467 e. The van der Waals surface area contributed by atoms with E-state index in [9.17, 15) is 27.1 Å². The number of methoxy groups -OCH3 is 1. The van der Waals surface area contributed by atoms with Crippen molar-refractivity contribution in [3.8, 4) is 6.01 Å². The van der Waals surface area contributed by atoms with Crippen molar-refractivity contribution in [1.29, 1.82) is 0 Å². The molecule has 0 spiro atoms. The lowest BCUT2D eigenvalue weighted by Gasteiger charge is -2.24. The van der Waals surface area contributed by atoms with Crippen molar-refractivity contribution < 1.29 is 31.8 Å². The molecule has 152 valence electrons. The largest absolute Gasteiger partial charge is 0.467 e. The van der Waals surface area contributed by atoms with Crippen LogP contribution in [0.3, 0.4) is 0 Å². The molecular formula is C15H15ClF2N4O5S. The van der Waals surface area contributed by atoms with E-state index in [1.165, 1.54) is 32.2 Å². The highest BCUT2D eigenvalue weighted by molar-refractivity contribution is 7.93. The summed E-state index contributed by atoms with van der Waals surface area (Å²) in [5, 5.41) is 10.5. The number of sulfonamides is 1. The van der Waals surface area contributed by atoms with E-state index in [1.807, 2.05) is 0 Å². The van der Waals surface area contributed by atoms with Crippen molar-refractivity contribution in [2.75, 3.05) is 18.5 Å². The van der Waals surface area contributed by atoms with Gasteiger partial charge in [-0.05, 0) is 6.07 Å². The Bertz CT molecular complexity index is 1010. The first-order chi connectivity index (χ1) is 13.0. The van der Waals surface area contributed by atoms with Crippen LogP contribution in [0.2, 0.25) is 5.02 Å². The van der Waals surface area contributed by atoms with Crippen molar-refractivity contribution in [2.24, 2.45) is 0 Å². The fraction of sp³-hybridized carbons (Fsp3) is 0.333. The molecule has 0 fully saturated rings. The molecule has 1 aromatic heterocycles. The molecule has 2 aromatic rings. The molecule has 1 heterocycles. The Labute approximate surface area is 164 Å². The minimum atomic E-state index is -5.05. The van der Waals surface area contributed by atoms with Gasteiger partial charge in [0.25, 0.3) is 10.0 Å². The number of aliphatic hydroxyl groups is 1. The summed E-state index contributed by atoms with van der Waals surface area (Å²) in [4.78, 5) is 23.0. The zero-order chi connectivity index (χ0) is 21.2. The first kappa shape index (κ1) is 21.9. The molecule has 0 saturated carbocycles. The van der Waals surface area contributed by atoms with Crippen LogP contribution in [0.25, 0.3) is 0 Å². The number of benzene rings is 1. The van der Waals surface area contributed by atoms with Crippen LogP contribution in [0.1, 0.15) is 35.0 Å². The molecule has 0 amide bonds. The van der Waals surface area contributed by atoms with Gasteiger partial charge >= 0.3 is 11.8 Å². The molecule has 0 radical (unpaired) electrons. The maximum absolute atomic E-state index is 13.0. The number of carbonyl (C=O) groups is 1. The molecule has 0 saturated heterocycles. The predicted molar refractivity (Wildman–Crippen MR) is 95.2 cm³/mol. The summed E-state index contributed by atoms with van der Waals surface area (Å²) in [6.07, 6.45) is -1.72. The van der Waals surface area contributed by atoms with E-state index in [2.05, 4.69) is 15.0 Å². The van der Waals surface area contributed by atoms with Gasteiger partial charge in [-0.3, -0.25) is 9.10 Å². The lowest BCUT2D eigenvalue weighted by atomic mass is 10.1. The van der Waals surface area contributed by atoms with E-state index in [4.69, 9.17) is 16.3 Å². The molecule has 0 aliphatic rings. The molecule has 1 atom stereocenters. The van der Waals surface area contributed by atoms with Gasteiger partial charge in [-0.25, -0.2) is 13.4 Å². The summed E-state index contributed by atoms with van der Waals surface area (Å²) in [7, 11) is -2.96. The molecule has 2 rings (SSSR count). The van der Waals surface area contributed by atoms with E-state index in [1.54, 1.807) is 0 Å². The van der Waals surface area contributed by atoms with Crippen LogP contribution >= 0.6 is 11.6 Å². The highest BCUT2D eigenvalue weighted by Crippen LogP contribution is 2.37. The molecule has 0 aliphatic carbocycles. The van der Waals surface area contributed by atoms with Gasteiger partial charge in [0.05, 0.1) is 17.8 Å². The Morgan fingerprint density at radius 2 is 1.93 bits per heavy atom. The summed E-state index contributed by atoms with van der Waals surface area (Å²) in [6.45, 7) is 1.18. The number of Topliss-reactive ketones (excluding diaryl/α,β-unsaturated/α-hetero) is 1. The molecule has 9 nitrogen and oxygen atoms in total. The van der Waals surface area contributed by atoms with Gasteiger partial charge in [-0.15, -0.1) is 0 Å². The van der Waals surface area contributed by atoms with Crippen LogP contribution < -0.4 is 9.04 Å². The van der Waals surface area contributed by atoms with Crippen LogP contribution in [0.5, 0.6) is 6.01 Å². The Kier molecular flexibility index (Phi) is 6.47. The van der Waals surface area contributed by atoms with E-state index in [0.29, 0.717) is 0 Å². The number of carbonyl (C=O) groups excluding carboxylic acids is 1. The quantitative estimate of drug-likeness (QED) is 0.652. The molecule has 13 heteroatoms. The molecular weight excluding hydrogens is 422 g/mol. The highest BCUT2D eigenvalue weighted by atomic mass is 35.5. The number of anilines is 1. The summed E-state index contributed by atoms with van der Waals surface area (Å²) in [6, 6.07) is 3.62. The number of nitrogens with zero attached hydrogens (tertiary/aromatic N) is 4. The fourth-order valence-electron chi connectivity index (χ4n) is 2.21. The Balaban J connectivity index is 2.65.